The fourth-order valence-electron chi connectivity index (χ4n) is 6.60. The van der Waals surface area contributed by atoms with E-state index >= 15 is 0 Å². The Balaban J connectivity index is 1.30. The number of carbonyl (C=O) groups is 1. The van der Waals surface area contributed by atoms with E-state index in [9.17, 15) is 9.18 Å². The number of carbonyl (C=O) groups excluding carboxylic acids is 1. The van der Waals surface area contributed by atoms with E-state index in [2.05, 4.69) is 15.4 Å². The van der Waals surface area contributed by atoms with Crippen molar-refractivity contribution < 1.29 is 13.9 Å². The first-order chi connectivity index (χ1) is 16.1. The van der Waals surface area contributed by atoms with Gasteiger partial charge in [-0.1, -0.05) is 0 Å². The minimum atomic E-state index is -0.329. The van der Waals surface area contributed by atoms with E-state index in [1.54, 1.807) is 35.4 Å². The first-order valence-corrected chi connectivity index (χ1v) is 11.8. The molecule has 4 aliphatic carbocycles. The second-order valence-corrected chi connectivity index (χ2v) is 10.0. The molecular formula is C26H27FN4O2. The fourth-order valence-corrected chi connectivity index (χ4v) is 6.60. The molecule has 0 spiro atoms. The van der Waals surface area contributed by atoms with Gasteiger partial charge in [0, 0.05) is 17.9 Å². The lowest BCUT2D eigenvalue weighted by atomic mass is 9.53. The molecule has 7 rings (SSSR count). The van der Waals surface area contributed by atoms with Crippen molar-refractivity contribution in [2.75, 3.05) is 0 Å². The molecule has 2 heterocycles. The molecular weight excluding hydrogens is 419 g/mol. The number of pyridine rings is 1. The maximum Gasteiger partial charge on any atom is 0.258 e. The van der Waals surface area contributed by atoms with Crippen LogP contribution in [0.25, 0.3) is 5.69 Å². The number of benzene rings is 1. The first kappa shape index (κ1) is 20.4. The van der Waals surface area contributed by atoms with Gasteiger partial charge in [-0.15, -0.1) is 0 Å². The Labute approximate surface area is 192 Å². The molecule has 0 atom stereocenters. The average Bonchev–Trinajstić information content (AvgIpc) is 3.22. The van der Waals surface area contributed by atoms with Crippen LogP contribution in [0.1, 0.15) is 54.4 Å². The lowest BCUT2D eigenvalue weighted by Crippen LogP contribution is -2.59. The third-order valence-electron chi connectivity index (χ3n) is 7.58. The Hall–Kier alpha value is -3.22. The lowest BCUT2D eigenvalue weighted by Gasteiger charge is -2.56. The van der Waals surface area contributed by atoms with Gasteiger partial charge in [-0.25, -0.2) is 9.07 Å². The summed E-state index contributed by atoms with van der Waals surface area (Å²) in [4.78, 5) is 17.6. The molecule has 7 heteroatoms. The Bertz CT molecular complexity index is 1120. The molecule has 4 fully saturated rings. The minimum Gasteiger partial charge on any atom is -0.472 e. The quantitative estimate of drug-likeness (QED) is 0.597. The summed E-state index contributed by atoms with van der Waals surface area (Å²) < 4.78 is 21.2. The van der Waals surface area contributed by atoms with E-state index in [-0.39, 0.29) is 23.9 Å². The molecule has 33 heavy (non-hydrogen) atoms. The highest BCUT2D eigenvalue weighted by Gasteiger charge is 2.51. The largest absolute Gasteiger partial charge is 0.472 e. The SMILES string of the molecule is O=C(NC12CC3CC(CC(C3)C1)C2)c1cnn(-c2ccc(F)cc2)c1OCc1ccncc1. The van der Waals surface area contributed by atoms with Gasteiger partial charge in [0.2, 0.25) is 5.88 Å². The van der Waals surface area contributed by atoms with Gasteiger partial charge >= 0.3 is 0 Å². The Kier molecular flexibility index (Phi) is 4.93. The van der Waals surface area contributed by atoms with Crippen molar-refractivity contribution >= 4 is 5.91 Å². The number of hydrogen-bond acceptors (Lipinski definition) is 4. The van der Waals surface area contributed by atoms with Crippen LogP contribution in [0.15, 0.2) is 55.0 Å². The summed E-state index contributed by atoms with van der Waals surface area (Å²) in [6.07, 6.45) is 12.1. The predicted octanol–water partition coefficient (Wildman–Crippen LogP) is 4.68. The molecule has 1 amide bonds. The zero-order valence-electron chi connectivity index (χ0n) is 18.4. The molecule has 0 unspecified atom stereocenters. The van der Waals surface area contributed by atoms with Crippen molar-refractivity contribution in [3.05, 3.63) is 71.9 Å². The summed E-state index contributed by atoms with van der Waals surface area (Å²) in [6, 6.07) is 9.74. The second-order valence-electron chi connectivity index (χ2n) is 10.0. The van der Waals surface area contributed by atoms with Crippen molar-refractivity contribution in [1.82, 2.24) is 20.1 Å². The number of halogens is 1. The first-order valence-electron chi connectivity index (χ1n) is 11.8. The maximum absolute atomic E-state index is 13.5. The highest BCUT2D eigenvalue weighted by atomic mass is 19.1. The summed E-state index contributed by atoms with van der Waals surface area (Å²) in [5.41, 5.74) is 1.87. The van der Waals surface area contributed by atoms with E-state index in [1.165, 1.54) is 31.4 Å². The third-order valence-corrected chi connectivity index (χ3v) is 7.58. The van der Waals surface area contributed by atoms with E-state index in [4.69, 9.17) is 4.74 Å². The van der Waals surface area contributed by atoms with Crippen molar-refractivity contribution in [3.63, 3.8) is 0 Å². The van der Waals surface area contributed by atoms with Crippen molar-refractivity contribution in [1.29, 1.82) is 0 Å². The summed E-state index contributed by atoms with van der Waals surface area (Å²) >= 11 is 0. The molecule has 0 radical (unpaired) electrons. The normalized spacial score (nSPS) is 27.5. The fraction of sp³-hybridized carbons (Fsp3) is 0.423. The number of hydrogen-bond donors (Lipinski definition) is 1. The van der Waals surface area contributed by atoms with Crippen LogP contribution in [0.5, 0.6) is 5.88 Å². The van der Waals surface area contributed by atoms with Crippen LogP contribution in [-0.4, -0.2) is 26.2 Å². The lowest BCUT2D eigenvalue weighted by molar-refractivity contribution is -0.0167. The van der Waals surface area contributed by atoms with E-state index < -0.39 is 0 Å². The van der Waals surface area contributed by atoms with Gasteiger partial charge in [0.05, 0.1) is 11.9 Å². The average molecular weight is 447 g/mol. The molecule has 0 saturated heterocycles. The highest BCUT2D eigenvalue weighted by Crippen LogP contribution is 2.55. The van der Waals surface area contributed by atoms with E-state index in [0.717, 1.165) is 42.6 Å². The van der Waals surface area contributed by atoms with Crippen molar-refractivity contribution in [2.45, 2.75) is 50.7 Å². The molecule has 4 bridgehead atoms. The molecule has 170 valence electrons. The van der Waals surface area contributed by atoms with Gasteiger partial charge in [0.25, 0.3) is 5.91 Å². The van der Waals surface area contributed by atoms with Gasteiger partial charge in [0.1, 0.15) is 18.0 Å². The van der Waals surface area contributed by atoms with E-state index in [1.807, 2.05) is 12.1 Å². The van der Waals surface area contributed by atoms with Gasteiger partial charge in [-0.2, -0.15) is 5.10 Å². The van der Waals surface area contributed by atoms with Crippen LogP contribution in [0, 0.1) is 23.6 Å². The highest BCUT2D eigenvalue weighted by molar-refractivity contribution is 5.97. The molecule has 4 saturated carbocycles. The Morgan fingerprint density at radius 2 is 1.67 bits per heavy atom. The van der Waals surface area contributed by atoms with Crippen LogP contribution < -0.4 is 10.1 Å². The third kappa shape index (κ3) is 3.90. The van der Waals surface area contributed by atoms with Crippen molar-refractivity contribution in [3.8, 4) is 11.6 Å². The molecule has 4 aliphatic rings. The monoisotopic (exact) mass is 446 g/mol. The summed E-state index contributed by atoms with van der Waals surface area (Å²) in [5, 5.41) is 7.85. The van der Waals surface area contributed by atoms with Crippen LogP contribution in [0.2, 0.25) is 0 Å². The maximum atomic E-state index is 13.5. The second kappa shape index (κ2) is 7.97. The zero-order chi connectivity index (χ0) is 22.4. The molecule has 6 nitrogen and oxygen atoms in total. The van der Waals surface area contributed by atoms with Crippen LogP contribution in [0.4, 0.5) is 4.39 Å². The number of aromatic nitrogens is 3. The number of amides is 1. The van der Waals surface area contributed by atoms with Crippen LogP contribution in [-0.2, 0) is 6.61 Å². The summed E-state index contributed by atoms with van der Waals surface area (Å²) in [6.45, 7) is 0.271. The molecule has 1 N–H and O–H groups in total. The number of rotatable bonds is 6. The van der Waals surface area contributed by atoms with Crippen LogP contribution >= 0.6 is 0 Å². The number of nitrogens with zero attached hydrogens (tertiary/aromatic N) is 3. The smallest absolute Gasteiger partial charge is 0.258 e. The van der Waals surface area contributed by atoms with E-state index in [0.29, 0.717) is 17.1 Å². The minimum absolute atomic E-state index is 0.105. The van der Waals surface area contributed by atoms with Crippen molar-refractivity contribution in [2.24, 2.45) is 17.8 Å². The molecule has 1 aromatic carbocycles. The summed E-state index contributed by atoms with van der Waals surface area (Å²) in [5.74, 6) is 2.10. The Morgan fingerprint density at radius 1 is 1.03 bits per heavy atom. The number of ether oxygens (including phenoxy) is 1. The van der Waals surface area contributed by atoms with Gasteiger partial charge < -0.3 is 10.1 Å². The molecule has 0 aliphatic heterocycles. The molecule has 3 aromatic rings. The molecule has 2 aromatic heterocycles. The number of nitrogens with one attached hydrogen (secondary N) is 1. The zero-order valence-corrected chi connectivity index (χ0v) is 18.4. The van der Waals surface area contributed by atoms with Gasteiger partial charge in [-0.05, 0) is 98.2 Å². The predicted molar refractivity (Wildman–Crippen MR) is 120 cm³/mol. The van der Waals surface area contributed by atoms with Crippen LogP contribution in [0.3, 0.4) is 0 Å². The Morgan fingerprint density at radius 3 is 2.30 bits per heavy atom. The van der Waals surface area contributed by atoms with Gasteiger partial charge in [-0.3, -0.25) is 9.78 Å². The topological polar surface area (TPSA) is 69.0 Å². The standard InChI is InChI=1S/C26H27FN4O2/c27-21-1-3-22(4-2-21)31-25(33-16-17-5-7-28-8-6-17)23(15-29-31)24(32)30-26-12-18-9-19(13-26)11-20(10-18)14-26/h1-8,15,18-20H,9-14,16H2,(H,30,32). The summed E-state index contributed by atoms with van der Waals surface area (Å²) in [7, 11) is 0. The van der Waals surface area contributed by atoms with Gasteiger partial charge in [0.15, 0.2) is 0 Å².